The zero-order valence-electron chi connectivity index (χ0n) is 13.0. The molecule has 0 aromatic heterocycles. The normalized spacial score (nSPS) is 13.1. The van der Waals surface area contributed by atoms with Crippen molar-refractivity contribution in [2.24, 2.45) is 5.41 Å². The van der Waals surface area contributed by atoms with E-state index in [4.69, 9.17) is 9.84 Å². The number of amides is 2. The summed E-state index contributed by atoms with van der Waals surface area (Å²) in [6, 6.07) is -1.39. The minimum Gasteiger partial charge on any atom is -0.480 e. The van der Waals surface area contributed by atoms with Gasteiger partial charge in [0.2, 0.25) is 0 Å². The molecule has 118 valence electrons. The number of carboxylic acids is 1. The van der Waals surface area contributed by atoms with Gasteiger partial charge in [-0.1, -0.05) is 20.8 Å². The summed E-state index contributed by atoms with van der Waals surface area (Å²) >= 11 is 0. The van der Waals surface area contributed by atoms with Crippen molar-refractivity contribution in [3.63, 3.8) is 0 Å². The van der Waals surface area contributed by atoms with Crippen LogP contribution in [0.1, 0.15) is 20.8 Å². The molecule has 0 saturated heterocycles. The van der Waals surface area contributed by atoms with Gasteiger partial charge < -0.3 is 25.4 Å². The number of hydrogen-bond donors (Lipinski definition) is 3. The smallest absolute Gasteiger partial charge is 0.326 e. The number of carbonyl (C=O) groups is 2. The van der Waals surface area contributed by atoms with Crippen molar-refractivity contribution in [1.82, 2.24) is 15.5 Å². The van der Waals surface area contributed by atoms with Crippen LogP contribution in [0.2, 0.25) is 0 Å². The summed E-state index contributed by atoms with van der Waals surface area (Å²) in [5, 5.41) is 14.2. The molecule has 0 spiro atoms. The molecule has 0 heterocycles. The van der Waals surface area contributed by atoms with Gasteiger partial charge in [-0.05, 0) is 12.5 Å². The van der Waals surface area contributed by atoms with E-state index in [0.717, 1.165) is 6.54 Å². The Morgan fingerprint density at radius 1 is 1.30 bits per heavy atom. The number of nitrogens with zero attached hydrogens (tertiary/aromatic N) is 1. The number of ether oxygens (including phenoxy) is 1. The molecule has 0 aliphatic carbocycles. The molecule has 20 heavy (non-hydrogen) atoms. The van der Waals surface area contributed by atoms with Gasteiger partial charge in [-0.25, -0.2) is 9.59 Å². The fourth-order valence-corrected chi connectivity index (χ4v) is 1.55. The third-order valence-corrected chi connectivity index (χ3v) is 2.84. The average molecular weight is 289 g/mol. The van der Waals surface area contributed by atoms with E-state index in [9.17, 15) is 9.59 Å². The highest BCUT2D eigenvalue weighted by Crippen LogP contribution is 2.19. The molecule has 0 rings (SSSR count). The first-order chi connectivity index (χ1) is 9.18. The lowest BCUT2D eigenvalue weighted by atomic mass is 9.87. The lowest BCUT2D eigenvalue weighted by molar-refractivity contribution is -0.141. The summed E-state index contributed by atoms with van der Waals surface area (Å²) in [5.74, 6) is -1.04. The second-order valence-electron chi connectivity index (χ2n) is 5.83. The summed E-state index contributed by atoms with van der Waals surface area (Å²) in [6.45, 7) is 7.83. The summed E-state index contributed by atoms with van der Waals surface area (Å²) in [4.78, 5) is 24.8. The van der Waals surface area contributed by atoms with Crippen LogP contribution in [0.4, 0.5) is 4.79 Å². The molecule has 0 aliphatic heterocycles. The molecular formula is C13H27N3O4. The largest absolute Gasteiger partial charge is 0.480 e. The first kappa shape index (κ1) is 18.7. The topological polar surface area (TPSA) is 90.9 Å². The van der Waals surface area contributed by atoms with Crippen molar-refractivity contribution >= 4 is 12.0 Å². The number of nitrogens with one attached hydrogen (secondary N) is 2. The molecule has 0 bridgehead atoms. The molecular weight excluding hydrogens is 262 g/mol. The molecule has 0 unspecified atom stereocenters. The van der Waals surface area contributed by atoms with Crippen LogP contribution in [0.25, 0.3) is 0 Å². The first-order valence-corrected chi connectivity index (χ1v) is 6.63. The number of hydrogen-bond acceptors (Lipinski definition) is 4. The van der Waals surface area contributed by atoms with Gasteiger partial charge in [0.15, 0.2) is 0 Å². The van der Waals surface area contributed by atoms with Crippen LogP contribution in [-0.2, 0) is 9.53 Å². The van der Waals surface area contributed by atoms with Gasteiger partial charge >= 0.3 is 12.0 Å². The Bertz CT molecular complexity index is 315. The maximum atomic E-state index is 11.7. The van der Waals surface area contributed by atoms with Gasteiger partial charge in [0.25, 0.3) is 0 Å². The molecule has 1 atom stereocenters. The Kier molecular flexibility index (Phi) is 8.17. The van der Waals surface area contributed by atoms with Crippen LogP contribution in [0.3, 0.4) is 0 Å². The molecule has 7 heteroatoms. The Hall–Kier alpha value is -1.34. The molecule has 0 radical (unpaired) electrons. The summed E-state index contributed by atoms with van der Waals surface area (Å²) in [7, 11) is 3.56. The van der Waals surface area contributed by atoms with Crippen molar-refractivity contribution in [3.05, 3.63) is 0 Å². The summed E-state index contributed by atoms with van der Waals surface area (Å²) in [6.07, 6.45) is 0. The van der Waals surface area contributed by atoms with Crippen molar-refractivity contribution < 1.29 is 19.4 Å². The number of carbonyl (C=O) groups excluding carboxylic acids is 1. The van der Waals surface area contributed by atoms with E-state index in [0.29, 0.717) is 19.7 Å². The van der Waals surface area contributed by atoms with Gasteiger partial charge in [-0.15, -0.1) is 0 Å². The van der Waals surface area contributed by atoms with E-state index in [1.807, 2.05) is 11.9 Å². The van der Waals surface area contributed by atoms with Gasteiger partial charge in [-0.3, -0.25) is 0 Å². The lowest BCUT2D eigenvalue weighted by Gasteiger charge is -2.27. The zero-order valence-corrected chi connectivity index (χ0v) is 13.0. The van der Waals surface area contributed by atoms with Crippen LogP contribution >= 0.6 is 0 Å². The van der Waals surface area contributed by atoms with E-state index < -0.39 is 23.5 Å². The third kappa shape index (κ3) is 7.96. The van der Waals surface area contributed by atoms with E-state index in [2.05, 4.69) is 10.6 Å². The van der Waals surface area contributed by atoms with Crippen molar-refractivity contribution in [1.29, 1.82) is 0 Å². The van der Waals surface area contributed by atoms with E-state index in [1.165, 1.54) is 0 Å². The van der Waals surface area contributed by atoms with Crippen LogP contribution in [-0.4, -0.2) is 68.4 Å². The second kappa shape index (κ2) is 8.76. The Balaban J connectivity index is 4.07. The highest BCUT2D eigenvalue weighted by Gasteiger charge is 2.32. The molecule has 0 aromatic carbocycles. The Labute approximate surface area is 120 Å². The van der Waals surface area contributed by atoms with Gasteiger partial charge in [0.05, 0.1) is 6.61 Å². The molecule has 0 saturated carbocycles. The summed E-state index contributed by atoms with van der Waals surface area (Å²) < 4.78 is 4.95. The number of aliphatic carboxylic acids is 1. The molecule has 3 N–H and O–H groups in total. The Morgan fingerprint density at radius 3 is 2.35 bits per heavy atom. The average Bonchev–Trinajstić information content (AvgIpc) is 2.31. The van der Waals surface area contributed by atoms with Crippen molar-refractivity contribution in [3.8, 4) is 0 Å². The number of likely N-dealkylation sites (N-methyl/N-ethyl adjacent to an activating group) is 1. The fraction of sp³-hybridized carbons (Fsp3) is 0.846. The molecule has 7 nitrogen and oxygen atoms in total. The maximum Gasteiger partial charge on any atom is 0.326 e. The minimum absolute atomic E-state index is 0.447. The minimum atomic E-state index is -1.04. The predicted molar refractivity (Wildman–Crippen MR) is 76.8 cm³/mol. The predicted octanol–water partition coefficient (Wildman–Crippen LogP) is 0.363. The van der Waals surface area contributed by atoms with Gasteiger partial charge in [-0.2, -0.15) is 0 Å². The molecule has 0 fully saturated rings. The highest BCUT2D eigenvalue weighted by atomic mass is 16.5. The summed E-state index contributed by atoms with van der Waals surface area (Å²) in [5.41, 5.74) is -0.543. The van der Waals surface area contributed by atoms with E-state index in [1.54, 1.807) is 27.9 Å². The van der Waals surface area contributed by atoms with Crippen molar-refractivity contribution in [2.75, 3.05) is 40.4 Å². The molecule has 2 amide bonds. The quantitative estimate of drug-likeness (QED) is 0.600. The SMILES string of the molecule is COCCN(C)CCNC(=O)N[C@@H](C(=O)O)C(C)(C)C. The van der Waals surface area contributed by atoms with Crippen LogP contribution < -0.4 is 10.6 Å². The number of methoxy groups -OCH3 is 1. The van der Waals surface area contributed by atoms with Crippen molar-refractivity contribution in [2.45, 2.75) is 26.8 Å². The maximum absolute atomic E-state index is 11.7. The third-order valence-electron chi connectivity index (χ3n) is 2.84. The Morgan fingerprint density at radius 2 is 1.90 bits per heavy atom. The lowest BCUT2D eigenvalue weighted by Crippen LogP contribution is -2.52. The zero-order chi connectivity index (χ0) is 15.8. The number of carboxylic acid groups (broad SMARTS) is 1. The molecule has 0 aromatic rings. The standard InChI is InChI=1S/C13H27N3O4/c1-13(2,3)10(11(17)18)15-12(19)14-6-7-16(4)8-9-20-5/h10H,6-9H2,1-5H3,(H,17,18)(H2,14,15,19)/t10-/m0/s1. The van der Waals surface area contributed by atoms with E-state index in [-0.39, 0.29) is 0 Å². The van der Waals surface area contributed by atoms with E-state index >= 15 is 0 Å². The molecule has 0 aliphatic rings. The van der Waals surface area contributed by atoms with Gasteiger partial charge in [0, 0.05) is 26.7 Å². The van der Waals surface area contributed by atoms with Crippen LogP contribution in [0, 0.1) is 5.41 Å². The highest BCUT2D eigenvalue weighted by molar-refractivity contribution is 5.83. The second-order valence-corrected chi connectivity index (χ2v) is 5.83. The monoisotopic (exact) mass is 289 g/mol. The van der Waals surface area contributed by atoms with Crippen LogP contribution in [0.5, 0.6) is 0 Å². The number of rotatable bonds is 8. The first-order valence-electron chi connectivity index (χ1n) is 6.63. The number of urea groups is 1. The van der Waals surface area contributed by atoms with Gasteiger partial charge in [0.1, 0.15) is 6.04 Å². The van der Waals surface area contributed by atoms with Crippen LogP contribution in [0.15, 0.2) is 0 Å². The fourth-order valence-electron chi connectivity index (χ4n) is 1.55.